The normalized spacial score (nSPS) is 13.6. The van der Waals surface area contributed by atoms with Gasteiger partial charge in [0.15, 0.2) is 5.82 Å². The molecule has 7 heteroatoms. The van der Waals surface area contributed by atoms with Crippen molar-refractivity contribution in [2.45, 2.75) is 97.6 Å². The third-order valence-electron chi connectivity index (χ3n) is 6.69. The number of aromatic nitrogens is 2. The Hall–Kier alpha value is -1.87. The largest absolute Gasteiger partial charge is 0.541 e. The number of rotatable bonds is 8. The summed E-state index contributed by atoms with van der Waals surface area (Å²) in [7, 11) is -4.05. The van der Waals surface area contributed by atoms with Crippen LogP contribution in [0.5, 0.6) is 11.5 Å². The van der Waals surface area contributed by atoms with Crippen molar-refractivity contribution in [2.24, 2.45) is 0 Å². The first-order valence-corrected chi connectivity index (χ1v) is 17.4. The van der Waals surface area contributed by atoms with E-state index in [0.717, 1.165) is 35.7 Å². The molecule has 32 heavy (non-hydrogen) atoms. The first kappa shape index (κ1) is 26.4. The van der Waals surface area contributed by atoms with E-state index in [0.29, 0.717) is 5.89 Å². The highest BCUT2D eigenvalue weighted by Crippen LogP contribution is 2.43. The van der Waals surface area contributed by atoms with Gasteiger partial charge in [0.05, 0.1) is 0 Å². The van der Waals surface area contributed by atoms with Crippen molar-refractivity contribution in [1.29, 1.82) is 0 Å². The molecule has 0 aliphatic carbocycles. The summed E-state index contributed by atoms with van der Waals surface area (Å²) in [6.45, 7) is 24.7. The zero-order chi connectivity index (χ0) is 24.4. The van der Waals surface area contributed by atoms with Gasteiger partial charge in [0, 0.05) is 12.5 Å². The van der Waals surface area contributed by atoms with Gasteiger partial charge in [-0.15, -0.1) is 0 Å². The molecule has 2 rings (SSSR count). The van der Waals surface area contributed by atoms with Gasteiger partial charge in [-0.1, -0.05) is 59.7 Å². The summed E-state index contributed by atoms with van der Waals surface area (Å²) in [5.41, 5.74) is 1.01. The number of hydrogen-bond donors (Lipinski definition) is 0. The Kier molecular flexibility index (Phi) is 7.88. The number of benzene rings is 1. The highest BCUT2D eigenvalue weighted by atomic mass is 28.4. The molecule has 2 aromatic rings. The van der Waals surface area contributed by atoms with Crippen molar-refractivity contribution in [1.82, 2.24) is 10.1 Å². The molecular weight excluding hydrogens is 432 g/mol. The molecule has 0 radical (unpaired) electrons. The highest BCUT2D eigenvalue weighted by Gasteiger charge is 2.42. The van der Waals surface area contributed by atoms with E-state index < -0.39 is 16.6 Å². The van der Waals surface area contributed by atoms with E-state index in [2.05, 4.69) is 96.9 Å². The van der Waals surface area contributed by atoms with Gasteiger partial charge < -0.3 is 13.4 Å². The number of nitrogens with zero attached hydrogens (tertiary/aromatic N) is 2. The minimum Gasteiger partial charge on any atom is -0.541 e. The summed E-state index contributed by atoms with van der Waals surface area (Å²) in [5.74, 6) is 2.91. The molecule has 0 atom stereocenters. The molecule has 1 heterocycles. The van der Waals surface area contributed by atoms with Crippen molar-refractivity contribution in [2.75, 3.05) is 0 Å². The van der Waals surface area contributed by atoms with Gasteiger partial charge in [-0.3, -0.25) is 0 Å². The molecule has 0 saturated heterocycles. The maximum Gasteiger partial charge on any atom is 0.250 e. The van der Waals surface area contributed by atoms with Crippen LogP contribution in [0.15, 0.2) is 22.7 Å². The van der Waals surface area contributed by atoms with Crippen LogP contribution in [0.3, 0.4) is 0 Å². The topological polar surface area (TPSA) is 57.4 Å². The highest BCUT2D eigenvalue weighted by molar-refractivity contribution is 6.75. The van der Waals surface area contributed by atoms with Crippen LogP contribution in [0.2, 0.25) is 36.3 Å². The lowest BCUT2D eigenvalue weighted by atomic mass is 10.2. The molecule has 178 valence electrons. The second-order valence-corrected chi connectivity index (χ2v) is 21.0. The van der Waals surface area contributed by atoms with Gasteiger partial charge in [0.1, 0.15) is 11.5 Å². The van der Waals surface area contributed by atoms with E-state index in [1.807, 2.05) is 18.2 Å². The average Bonchev–Trinajstić information content (AvgIpc) is 3.07. The lowest BCUT2D eigenvalue weighted by Crippen LogP contribution is -2.45. The predicted octanol–water partition coefficient (Wildman–Crippen LogP) is 7.96. The Morgan fingerprint density at radius 3 is 1.97 bits per heavy atom. The van der Waals surface area contributed by atoms with Crippen LogP contribution in [0.25, 0.3) is 12.2 Å². The van der Waals surface area contributed by atoms with Crippen LogP contribution < -0.4 is 8.85 Å². The first-order chi connectivity index (χ1) is 14.6. The molecule has 1 aromatic carbocycles. The minimum atomic E-state index is -2.04. The fourth-order valence-electron chi connectivity index (χ4n) is 2.48. The van der Waals surface area contributed by atoms with Gasteiger partial charge in [-0.05, 0) is 66.5 Å². The van der Waals surface area contributed by atoms with Crippen LogP contribution in [-0.4, -0.2) is 26.8 Å². The Balaban J connectivity index is 2.41. The zero-order valence-corrected chi connectivity index (χ0v) is 23.9. The summed E-state index contributed by atoms with van der Waals surface area (Å²) in [4.78, 5) is 4.41. The molecule has 0 saturated carbocycles. The molecule has 0 unspecified atom stereocenters. The fraction of sp³-hybridized carbons (Fsp3) is 0.600. The SMILES string of the molecule is CCCc1noc(/C=C/c2ccc(O[Si](C)(C)C(C)(C)C)c(O[Si](C)(C)C(C)(C)C)c2)n1. The van der Waals surface area contributed by atoms with Crippen molar-refractivity contribution in [3.63, 3.8) is 0 Å². The van der Waals surface area contributed by atoms with E-state index in [9.17, 15) is 0 Å². The summed E-state index contributed by atoms with van der Waals surface area (Å²) in [6, 6.07) is 6.17. The number of aryl methyl sites for hydroxylation is 1. The molecular formula is C25H42N2O3Si2. The van der Waals surface area contributed by atoms with Gasteiger partial charge in [0.25, 0.3) is 22.5 Å². The van der Waals surface area contributed by atoms with Gasteiger partial charge in [-0.2, -0.15) is 4.98 Å². The van der Waals surface area contributed by atoms with E-state index in [-0.39, 0.29) is 10.1 Å². The Morgan fingerprint density at radius 1 is 0.875 bits per heavy atom. The Morgan fingerprint density at radius 2 is 1.44 bits per heavy atom. The van der Waals surface area contributed by atoms with Crippen molar-refractivity contribution in [3.8, 4) is 11.5 Å². The second-order valence-electron chi connectivity index (χ2n) is 11.6. The number of hydrogen-bond acceptors (Lipinski definition) is 5. The fourth-order valence-corrected chi connectivity index (χ4v) is 4.52. The van der Waals surface area contributed by atoms with Crippen LogP contribution in [0.1, 0.15) is 72.2 Å². The summed E-state index contributed by atoms with van der Waals surface area (Å²) >= 11 is 0. The second kappa shape index (κ2) is 9.55. The maximum atomic E-state index is 6.74. The van der Waals surface area contributed by atoms with E-state index >= 15 is 0 Å². The van der Waals surface area contributed by atoms with Crippen molar-refractivity contribution < 1.29 is 13.4 Å². The monoisotopic (exact) mass is 474 g/mol. The molecule has 1 aromatic heterocycles. The van der Waals surface area contributed by atoms with Crippen LogP contribution in [-0.2, 0) is 6.42 Å². The zero-order valence-electron chi connectivity index (χ0n) is 21.9. The summed E-state index contributed by atoms with van der Waals surface area (Å²) < 4.78 is 18.7. The third-order valence-corrected chi connectivity index (χ3v) is 15.4. The first-order valence-electron chi connectivity index (χ1n) is 11.6. The van der Waals surface area contributed by atoms with Gasteiger partial charge >= 0.3 is 0 Å². The van der Waals surface area contributed by atoms with Gasteiger partial charge in [-0.25, -0.2) is 0 Å². The Bertz CT molecular complexity index is 935. The van der Waals surface area contributed by atoms with E-state index in [4.69, 9.17) is 13.4 Å². The molecule has 0 spiro atoms. The standard InChI is InChI=1S/C25H42N2O3Si2/c1-12-13-22-26-23(28-27-22)17-15-19-14-16-20(29-31(8,9)24(2,3)4)21(18-19)30-32(10,11)25(5,6)7/h14-18H,12-13H2,1-11H3/b17-15+. The van der Waals surface area contributed by atoms with Crippen molar-refractivity contribution >= 4 is 28.8 Å². The van der Waals surface area contributed by atoms with E-state index in [1.165, 1.54) is 0 Å². The molecule has 0 amide bonds. The lowest BCUT2D eigenvalue weighted by molar-refractivity contribution is 0.403. The molecule has 0 aliphatic heterocycles. The summed E-state index contributed by atoms with van der Waals surface area (Å²) in [5, 5.41) is 4.21. The van der Waals surface area contributed by atoms with Crippen LogP contribution in [0, 0.1) is 0 Å². The van der Waals surface area contributed by atoms with Crippen molar-refractivity contribution in [3.05, 3.63) is 35.5 Å². The van der Waals surface area contributed by atoms with E-state index in [1.54, 1.807) is 0 Å². The molecule has 0 aliphatic rings. The predicted molar refractivity (Wildman–Crippen MR) is 139 cm³/mol. The minimum absolute atomic E-state index is 0.0898. The molecule has 0 fully saturated rings. The third kappa shape index (κ3) is 6.57. The van der Waals surface area contributed by atoms with Crippen LogP contribution >= 0.6 is 0 Å². The lowest BCUT2D eigenvalue weighted by Gasteiger charge is -2.39. The Labute approximate surface area is 196 Å². The average molecular weight is 475 g/mol. The molecule has 0 N–H and O–H groups in total. The smallest absolute Gasteiger partial charge is 0.250 e. The van der Waals surface area contributed by atoms with Crippen LogP contribution in [0.4, 0.5) is 0 Å². The maximum absolute atomic E-state index is 6.74. The van der Waals surface area contributed by atoms with Gasteiger partial charge in [0.2, 0.25) is 0 Å². The molecule has 0 bridgehead atoms. The quantitative estimate of drug-likeness (QED) is 0.363. The summed E-state index contributed by atoms with van der Waals surface area (Å²) in [6.07, 6.45) is 5.65. The molecule has 5 nitrogen and oxygen atoms in total.